The minimum Gasteiger partial charge on any atom is -0.465 e. The number of carbonyl (C=O) groups excluding carboxylic acids is 2. The minimum absolute atomic E-state index is 0.00370. The Bertz CT molecular complexity index is 5450. The third kappa shape index (κ3) is 14.0. The van der Waals surface area contributed by atoms with E-state index in [0.29, 0.717) is 34.9 Å². The highest BCUT2D eigenvalue weighted by Crippen LogP contribution is 2.69. The molecule has 16 nitrogen and oxygen atoms in total. The molecule has 10 fully saturated rings. The maximum atomic E-state index is 17.0. The van der Waals surface area contributed by atoms with Crippen LogP contribution in [0.3, 0.4) is 0 Å². The molecule has 7 aromatic rings. The Balaban J connectivity index is 0.695. The number of ether oxygens (including phenoxy) is 2. The molecule has 3 aromatic heterocycles. The molecule has 26 atom stereocenters. The predicted octanol–water partition coefficient (Wildman–Crippen LogP) is 19.0. The van der Waals surface area contributed by atoms with Gasteiger partial charge < -0.3 is 58.5 Å². The number of esters is 2. The number of aliphatic hydroxyl groups is 4. The highest BCUT2D eigenvalue weighted by molar-refractivity contribution is 6.62. The van der Waals surface area contributed by atoms with E-state index >= 15 is 43.9 Å². The lowest BCUT2D eigenvalue weighted by Crippen LogP contribution is -2.55. The number of aromatic amines is 2. The lowest BCUT2D eigenvalue weighted by atomic mass is 9.48. The number of nitrogens with zero attached hydrogens (tertiary/aromatic N) is 2. The number of hydrogen-bond donors (Lipinski definition) is 6. The Hall–Kier alpha value is -8.47. The van der Waals surface area contributed by atoms with E-state index in [1.165, 1.54) is 48.6 Å². The number of aromatic nitrogens is 4. The second-order valence-electron chi connectivity index (χ2n) is 41.4. The zero-order chi connectivity index (χ0) is 90.6. The summed E-state index contributed by atoms with van der Waals surface area (Å²) >= 11 is 0. The molecule has 4 aromatic carbocycles. The Morgan fingerprint density at radius 1 is 0.375 bits per heavy atom. The van der Waals surface area contributed by atoms with Gasteiger partial charge in [0.05, 0.1) is 108 Å². The quantitative estimate of drug-likeness (QED) is 0.0196. The van der Waals surface area contributed by atoms with Gasteiger partial charge in [-0.3, -0.25) is 9.59 Å². The second-order valence-corrected chi connectivity index (χ2v) is 41.4. The highest BCUT2D eigenvalue weighted by atomic mass is 19.2. The van der Waals surface area contributed by atoms with Crippen LogP contribution < -0.4 is 10.9 Å². The van der Waals surface area contributed by atoms with E-state index in [2.05, 4.69) is 93.1 Å². The molecule has 6 aliphatic heterocycles. The third-order valence-electron chi connectivity index (χ3n) is 34.7. The number of rotatable bonds is 14. The molecular weight excluding hydrogens is 1660 g/mol. The van der Waals surface area contributed by atoms with Gasteiger partial charge in [-0.05, 0) is 252 Å². The van der Waals surface area contributed by atoms with Crippen LogP contribution in [0.25, 0.3) is 90.9 Å². The summed E-state index contributed by atoms with van der Waals surface area (Å²) in [6, 6.07) is 19.6. The summed E-state index contributed by atoms with van der Waals surface area (Å²) < 4.78 is 203. The fourth-order valence-electron chi connectivity index (χ4n) is 27.2. The summed E-state index contributed by atoms with van der Waals surface area (Å²) in [6.07, 6.45) is 7.93. The molecule has 12 aliphatic rings. The monoisotopic (exact) mass is 1770 g/mol. The van der Waals surface area contributed by atoms with E-state index in [1.54, 1.807) is 48.5 Å². The molecule has 6 aliphatic carbocycles. The van der Waals surface area contributed by atoms with Crippen LogP contribution in [0.15, 0.2) is 72.8 Å². The van der Waals surface area contributed by atoms with E-state index in [-0.39, 0.29) is 188 Å². The summed E-state index contributed by atoms with van der Waals surface area (Å²) in [6.45, 7) is 26.8. The molecule has 6 saturated carbocycles. The van der Waals surface area contributed by atoms with Gasteiger partial charge in [0, 0.05) is 44.3 Å². The Morgan fingerprint density at radius 2 is 0.680 bits per heavy atom. The lowest BCUT2D eigenvalue weighted by molar-refractivity contribution is -0.163. The minimum atomic E-state index is -2.40. The molecule has 128 heavy (non-hydrogen) atoms. The normalized spacial score (nSPS) is 34.1. The van der Waals surface area contributed by atoms with Crippen LogP contribution in [0.1, 0.15) is 183 Å². The van der Waals surface area contributed by atoms with Crippen LogP contribution in [0, 0.1) is 175 Å². The van der Waals surface area contributed by atoms with Gasteiger partial charge in [0.15, 0.2) is 46.5 Å². The van der Waals surface area contributed by atoms with Gasteiger partial charge in [-0.25, -0.2) is 53.9 Å². The van der Waals surface area contributed by atoms with Gasteiger partial charge in [-0.1, -0.05) is 132 Å². The maximum Gasteiger partial charge on any atom is 0.494 e. The Morgan fingerprint density at radius 3 is 1.02 bits per heavy atom. The first-order valence-corrected chi connectivity index (χ1v) is 45.9. The van der Waals surface area contributed by atoms with Gasteiger partial charge in [-0.2, -0.15) is 0 Å². The van der Waals surface area contributed by atoms with Gasteiger partial charge in [-0.15, -0.1) is 0 Å². The summed E-state index contributed by atoms with van der Waals surface area (Å²) in [5, 5.41) is 43.8. The number of aliphatic hydroxyl groups excluding tert-OH is 4. The van der Waals surface area contributed by atoms with Crippen molar-refractivity contribution in [3.05, 3.63) is 154 Å². The SMILES string of the molecule is CC(C)[C@@H](C)[C@H]1OB(c2ccc(-c3c4nc(c(-c5c(F)c(F)c(F)c(F)c5F)c5ccc([nH]5)c(-c5ccc(B6O[C@H]([C@@H](C)[C@H]7CC[C@H]8[C@@H]9COC(=O)[C@H]%10C[C@H](O)[C@H](O)C[C@]%10(C)[C@H]9CC[C@]78C)[C@@H]([C@H](C)C(C)C)O6)cc5)c5nc(c(-c6c(F)c(F)c(F)c(F)c6F)c6ccc3[nH]6)C=C5)C=C4)cc2)O[C@@H]1[C@@H](C)[C@H]1CC[C@H]2[C@@H]3COC(=O)[C@H]4C[C@H](O)[C@H](O)C[C@]4(C)[C@H]3CC[C@]12C. The number of cyclic esters (lactones) is 2. The number of fused-ring (bicyclic) bond motifs is 18. The molecule has 9 heterocycles. The molecule has 0 unspecified atom stereocenters. The van der Waals surface area contributed by atoms with Crippen molar-refractivity contribution in [3.8, 4) is 44.5 Å². The summed E-state index contributed by atoms with van der Waals surface area (Å²) in [5.41, 5.74) is -3.89. The van der Waals surface area contributed by atoms with Crippen molar-refractivity contribution in [3.63, 3.8) is 0 Å². The molecule has 0 spiro atoms. The van der Waals surface area contributed by atoms with E-state index in [1.807, 2.05) is 0 Å². The second kappa shape index (κ2) is 32.8. The van der Waals surface area contributed by atoms with Gasteiger partial charge in [0.2, 0.25) is 11.6 Å². The number of nitrogens with one attached hydrogen (secondary N) is 2. The molecule has 0 radical (unpaired) electrons. The number of hydrogen-bond acceptors (Lipinski definition) is 14. The van der Waals surface area contributed by atoms with Crippen molar-refractivity contribution in [2.45, 2.75) is 209 Å². The number of halogens is 10. The van der Waals surface area contributed by atoms with Crippen molar-refractivity contribution >= 4 is 83.5 Å². The van der Waals surface area contributed by atoms with E-state index < -0.39 is 166 Å². The Kier molecular flexibility index (Phi) is 22.7. The average Bonchev–Trinajstić information content (AvgIpc) is 1.54. The van der Waals surface area contributed by atoms with Crippen molar-refractivity contribution in [2.24, 2.45) is 116 Å². The van der Waals surface area contributed by atoms with E-state index in [4.69, 9.17) is 38.1 Å². The molecule has 8 bridgehead atoms. The molecule has 678 valence electrons. The highest BCUT2D eigenvalue weighted by Gasteiger charge is 2.67. The Labute approximate surface area is 738 Å². The summed E-state index contributed by atoms with van der Waals surface area (Å²) in [5.74, 6) is -22.9. The predicted molar refractivity (Wildman–Crippen MR) is 465 cm³/mol. The van der Waals surface area contributed by atoms with Crippen LogP contribution in [0.4, 0.5) is 43.9 Å². The van der Waals surface area contributed by atoms with Crippen LogP contribution in [-0.2, 0) is 37.7 Å². The van der Waals surface area contributed by atoms with E-state index in [0.717, 1.165) is 51.4 Å². The average molecular weight is 1770 g/mol. The first-order chi connectivity index (χ1) is 60.8. The summed E-state index contributed by atoms with van der Waals surface area (Å²) in [7, 11) is -1.83. The fourth-order valence-corrected chi connectivity index (χ4v) is 27.2. The topological polar surface area (TPSA) is 228 Å². The van der Waals surface area contributed by atoms with Crippen molar-refractivity contribution in [1.29, 1.82) is 0 Å². The van der Waals surface area contributed by atoms with Gasteiger partial charge in [0.1, 0.15) is 0 Å². The molecular formula is C100H110B2F10N4O12. The third-order valence-corrected chi connectivity index (χ3v) is 34.7. The maximum absolute atomic E-state index is 17.0. The number of benzene rings is 4. The van der Waals surface area contributed by atoms with Crippen LogP contribution in [-0.4, -0.2) is 129 Å². The van der Waals surface area contributed by atoms with Crippen LogP contribution in [0.5, 0.6) is 0 Å². The fraction of sp³-hybridized carbons (Fsp3) is 0.540. The first-order valence-electron chi connectivity index (χ1n) is 45.9. The standard InChI is InChI=1S/C100H110B2F10N4O12/c1-43(2)45(5)91-93(47(7)55-21-23-57-53-41-123-95(121)61-37-71(117)73(119)39-99(61,11)59(53)33-35-97(55,57)9)127-101(125-91)51-17-13-49(14-18-51)75-63-25-29-67(113-63)77(79-81(103)85(107)89(111)86(108)82(79)104)69-31-27-65(115-69)76(66-28-32-70(116-66)78(68-30-26-64(75)114-68)80-83(105)87(109)90(112)88(110)84(80)106)50-15-19-52(20-16-50)102-126-92(46(6)44(3)4)94(128-102)48(8)56-22-24-58-54-42-124-96(122)62-38-72(118)74(120)40-100(62,12)60(54)34-36-98(56,58)10/h13-20,25-32,43-48,53-62,71-74,91-94,113,116-120H,21-24,33-42H2,1-12H3/t45-,46-,47+,48+,53+,54+,55-,56-,57+,58+,59+,60+,61-,62-,71+,72+,73-,74-,91-,92-,93-,94-,97-,98-,99-,100-/m1/s1. The number of H-pyrrole nitrogens is 2. The number of carbonyl (C=O) groups is 2. The van der Waals surface area contributed by atoms with Crippen molar-refractivity contribution in [1.82, 2.24) is 19.9 Å². The van der Waals surface area contributed by atoms with Crippen LogP contribution >= 0.6 is 0 Å². The van der Waals surface area contributed by atoms with Gasteiger partial charge in [0.25, 0.3) is 0 Å². The molecule has 28 heteroatoms. The van der Waals surface area contributed by atoms with Gasteiger partial charge >= 0.3 is 26.2 Å². The van der Waals surface area contributed by atoms with Crippen molar-refractivity contribution in [2.75, 3.05) is 13.2 Å². The zero-order valence-electron chi connectivity index (χ0n) is 73.9. The molecule has 0 amide bonds. The summed E-state index contributed by atoms with van der Waals surface area (Å²) in [4.78, 5) is 43.9. The first kappa shape index (κ1) is 88.8. The van der Waals surface area contributed by atoms with E-state index in [9.17, 15) is 30.0 Å². The molecule has 6 N–H and O–H groups in total. The largest absolute Gasteiger partial charge is 0.494 e. The lowest BCUT2D eigenvalue weighted by Gasteiger charge is -2.56. The zero-order valence-corrected chi connectivity index (χ0v) is 73.9. The van der Waals surface area contributed by atoms with Crippen LogP contribution in [0.2, 0.25) is 0 Å². The smallest absolute Gasteiger partial charge is 0.465 e. The molecule has 4 saturated heterocycles. The molecule has 19 rings (SSSR count). The van der Waals surface area contributed by atoms with Crippen molar-refractivity contribution < 1.29 is 102 Å².